The van der Waals surface area contributed by atoms with Crippen LogP contribution in [0.15, 0.2) is 24.5 Å². The van der Waals surface area contributed by atoms with E-state index in [-0.39, 0.29) is 0 Å². The van der Waals surface area contributed by atoms with Gasteiger partial charge in [-0.2, -0.15) is 0 Å². The number of allylic oxidation sites excluding steroid dienone is 2. The van der Waals surface area contributed by atoms with Crippen molar-refractivity contribution < 1.29 is 0 Å². The second kappa shape index (κ2) is 5.17. The molecule has 0 saturated heterocycles. The summed E-state index contributed by atoms with van der Waals surface area (Å²) < 4.78 is 0.921. The SMILES string of the molecule is CC=C(CCC)c1ccc2c(n1)sc1c(N)ncnc12. The van der Waals surface area contributed by atoms with Crippen molar-refractivity contribution in [1.82, 2.24) is 15.0 Å². The molecule has 0 atom stereocenters. The number of nitrogens with zero attached hydrogens (tertiary/aromatic N) is 3. The molecule has 3 heterocycles. The molecule has 0 aliphatic rings. The molecule has 20 heavy (non-hydrogen) atoms. The molecule has 0 unspecified atom stereocenters. The summed E-state index contributed by atoms with van der Waals surface area (Å²) in [6.07, 6.45) is 5.80. The van der Waals surface area contributed by atoms with Crippen LogP contribution in [0.2, 0.25) is 0 Å². The molecule has 2 N–H and O–H groups in total. The highest BCUT2D eigenvalue weighted by Crippen LogP contribution is 2.34. The maximum Gasteiger partial charge on any atom is 0.144 e. The van der Waals surface area contributed by atoms with Crippen LogP contribution >= 0.6 is 11.3 Å². The molecule has 5 heteroatoms. The first kappa shape index (κ1) is 13.0. The molecule has 0 fully saturated rings. The van der Waals surface area contributed by atoms with Crippen molar-refractivity contribution in [3.8, 4) is 0 Å². The normalized spacial score (nSPS) is 12.4. The first-order chi connectivity index (χ1) is 9.74. The van der Waals surface area contributed by atoms with Crippen LogP contribution in [0.4, 0.5) is 5.82 Å². The smallest absolute Gasteiger partial charge is 0.144 e. The molecule has 0 aromatic carbocycles. The van der Waals surface area contributed by atoms with Gasteiger partial charge >= 0.3 is 0 Å². The van der Waals surface area contributed by atoms with Gasteiger partial charge in [-0.15, -0.1) is 11.3 Å². The molecule has 3 rings (SSSR count). The van der Waals surface area contributed by atoms with Gasteiger partial charge in [-0.05, 0) is 31.1 Å². The summed E-state index contributed by atoms with van der Waals surface area (Å²) >= 11 is 1.56. The highest BCUT2D eigenvalue weighted by atomic mass is 32.1. The van der Waals surface area contributed by atoms with Gasteiger partial charge in [0.05, 0.1) is 15.9 Å². The molecule has 0 aliphatic carbocycles. The molecule has 0 bridgehead atoms. The average molecular weight is 284 g/mol. The molecule has 0 saturated carbocycles. The third-order valence-electron chi connectivity index (χ3n) is 3.34. The third kappa shape index (κ3) is 2.04. The second-order valence-corrected chi connectivity index (χ2v) is 5.65. The Labute approximate surface area is 121 Å². The van der Waals surface area contributed by atoms with Gasteiger partial charge in [-0.25, -0.2) is 15.0 Å². The summed E-state index contributed by atoms with van der Waals surface area (Å²) in [6, 6.07) is 4.15. The number of thiophene rings is 1. The molecule has 0 aliphatic heterocycles. The van der Waals surface area contributed by atoms with Gasteiger partial charge in [0.25, 0.3) is 0 Å². The number of nitrogens with two attached hydrogens (primary N) is 1. The van der Waals surface area contributed by atoms with Crippen LogP contribution in [0, 0.1) is 0 Å². The van der Waals surface area contributed by atoms with E-state index in [0.717, 1.165) is 39.0 Å². The van der Waals surface area contributed by atoms with E-state index < -0.39 is 0 Å². The number of aromatic nitrogens is 3. The van der Waals surface area contributed by atoms with E-state index in [1.54, 1.807) is 11.3 Å². The number of hydrogen-bond acceptors (Lipinski definition) is 5. The largest absolute Gasteiger partial charge is 0.382 e. The van der Waals surface area contributed by atoms with Gasteiger partial charge in [-0.3, -0.25) is 0 Å². The standard InChI is InChI=1S/C15H16N4S/c1-3-5-9(4-2)11-7-6-10-12-13(20-15(10)19-11)14(16)18-8-17-12/h4,6-8H,3,5H2,1-2H3,(H2,16,17,18). The summed E-state index contributed by atoms with van der Waals surface area (Å²) in [5, 5.41) is 1.05. The third-order valence-corrected chi connectivity index (χ3v) is 4.45. The van der Waals surface area contributed by atoms with Gasteiger partial charge in [0, 0.05) is 5.39 Å². The number of anilines is 1. The van der Waals surface area contributed by atoms with Crippen molar-refractivity contribution in [2.24, 2.45) is 0 Å². The van der Waals surface area contributed by atoms with Crippen LogP contribution in [0.5, 0.6) is 0 Å². The van der Waals surface area contributed by atoms with Crippen molar-refractivity contribution in [3.05, 3.63) is 30.2 Å². The maximum absolute atomic E-state index is 5.91. The number of fused-ring (bicyclic) bond motifs is 3. The van der Waals surface area contributed by atoms with Crippen LogP contribution in [0.25, 0.3) is 26.0 Å². The zero-order valence-electron chi connectivity index (χ0n) is 11.6. The van der Waals surface area contributed by atoms with E-state index in [4.69, 9.17) is 10.7 Å². The molecular formula is C15H16N4S. The Morgan fingerprint density at radius 2 is 2.20 bits per heavy atom. The fourth-order valence-electron chi connectivity index (χ4n) is 2.34. The molecule has 102 valence electrons. The minimum atomic E-state index is 0.527. The summed E-state index contributed by atoms with van der Waals surface area (Å²) in [7, 11) is 0. The van der Waals surface area contributed by atoms with Gasteiger partial charge < -0.3 is 5.73 Å². The van der Waals surface area contributed by atoms with Gasteiger partial charge in [-0.1, -0.05) is 19.4 Å². The zero-order valence-corrected chi connectivity index (χ0v) is 12.4. The van der Waals surface area contributed by atoms with Gasteiger partial charge in [0.15, 0.2) is 0 Å². The lowest BCUT2D eigenvalue weighted by molar-refractivity contribution is 0.966. The van der Waals surface area contributed by atoms with Gasteiger partial charge in [0.1, 0.15) is 17.0 Å². The Morgan fingerprint density at radius 1 is 1.35 bits per heavy atom. The first-order valence-electron chi connectivity index (χ1n) is 6.70. The number of rotatable bonds is 3. The van der Waals surface area contributed by atoms with E-state index in [1.807, 2.05) is 0 Å². The highest BCUT2D eigenvalue weighted by Gasteiger charge is 2.12. The predicted octanol–water partition coefficient (Wildman–Crippen LogP) is 4.03. The Hall–Kier alpha value is -2.01. The molecule has 3 aromatic heterocycles. The topological polar surface area (TPSA) is 64.7 Å². The monoisotopic (exact) mass is 284 g/mol. The second-order valence-electron chi connectivity index (χ2n) is 4.65. The maximum atomic E-state index is 5.91. The fourth-order valence-corrected chi connectivity index (χ4v) is 3.37. The molecule has 0 amide bonds. The minimum absolute atomic E-state index is 0.527. The Balaban J connectivity index is 2.21. The Morgan fingerprint density at radius 3 is 2.95 bits per heavy atom. The van der Waals surface area contributed by atoms with Crippen LogP contribution < -0.4 is 5.73 Å². The predicted molar refractivity (Wildman–Crippen MR) is 85.7 cm³/mol. The summed E-state index contributed by atoms with van der Waals surface area (Å²) in [5.41, 5.74) is 9.13. The minimum Gasteiger partial charge on any atom is -0.382 e. The summed E-state index contributed by atoms with van der Waals surface area (Å²) in [4.78, 5) is 14.1. The number of hydrogen-bond donors (Lipinski definition) is 1. The van der Waals surface area contributed by atoms with E-state index in [0.29, 0.717) is 5.82 Å². The summed E-state index contributed by atoms with van der Waals surface area (Å²) in [5.74, 6) is 0.527. The number of pyridine rings is 1. The van der Waals surface area contributed by atoms with Crippen LogP contribution in [-0.2, 0) is 0 Å². The summed E-state index contributed by atoms with van der Waals surface area (Å²) in [6.45, 7) is 4.24. The van der Waals surface area contributed by atoms with E-state index in [1.165, 1.54) is 11.9 Å². The molecule has 3 aromatic rings. The van der Waals surface area contributed by atoms with Crippen molar-refractivity contribution in [3.63, 3.8) is 0 Å². The lowest BCUT2D eigenvalue weighted by Crippen LogP contribution is -1.90. The van der Waals surface area contributed by atoms with Crippen molar-refractivity contribution in [2.75, 3.05) is 5.73 Å². The fraction of sp³-hybridized carbons (Fsp3) is 0.267. The molecule has 4 nitrogen and oxygen atoms in total. The first-order valence-corrected chi connectivity index (χ1v) is 7.51. The molecule has 0 radical (unpaired) electrons. The van der Waals surface area contributed by atoms with E-state index in [2.05, 4.69) is 42.0 Å². The van der Waals surface area contributed by atoms with Gasteiger partial charge in [0.2, 0.25) is 0 Å². The Kier molecular flexibility index (Phi) is 3.36. The lowest BCUT2D eigenvalue weighted by Gasteiger charge is -2.04. The van der Waals surface area contributed by atoms with E-state index in [9.17, 15) is 0 Å². The van der Waals surface area contributed by atoms with Crippen molar-refractivity contribution >= 4 is 43.2 Å². The molecule has 0 spiro atoms. The Bertz CT molecular complexity index is 804. The number of nitrogen functional groups attached to an aromatic ring is 1. The van der Waals surface area contributed by atoms with Crippen molar-refractivity contribution in [2.45, 2.75) is 26.7 Å². The van der Waals surface area contributed by atoms with Crippen LogP contribution in [0.3, 0.4) is 0 Å². The molecular weight excluding hydrogens is 268 g/mol. The lowest BCUT2D eigenvalue weighted by atomic mass is 10.1. The van der Waals surface area contributed by atoms with Crippen LogP contribution in [-0.4, -0.2) is 15.0 Å². The van der Waals surface area contributed by atoms with Crippen LogP contribution in [0.1, 0.15) is 32.4 Å². The highest BCUT2D eigenvalue weighted by molar-refractivity contribution is 7.25. The average Bonchev–Trinajstić information content (AvgIpc) is 2.84. The van der Waals surface area contributed by atoms with Crippen molar-refractivity contribution in [1.29, 1.82) is 0 Å². The zero-order chi connectivity index (χ0) is 14.1. The quantitative estimate of drug-likeness (QED) is 0.788. The van der Waals surface area contributed by atoms with E-state index >= 15 is 0 Å².